The van der Waals surface area contributed by atoms with E-state index in [1.54, 1.807) is 18.2 Å². The van der Waals surface area contributed by atoms with Crippen molar-refractivity contribution in [1.82, 2.24) is 9.97 Å². The number of nitrogens with one attached hydrogen (secondary N) is 1. The zero-order valence-electron chi connectivity index (χ0n) is 12.3. The van der Waals surface area contributed by atoms with Crippen molar-refractivity contribution >= 4 is 40.8 Å². The maximum Gasteiger partial charge on any atom is 0.312 e. The van der Waals surface area contributed by atoms with Gasteiger partial charge in [0.25, 0.3) is 0 Å². The van der Waals surface area contributed by atoms with E-state index in [9.17, 15) is 4.79 Å². The SMILES string of the molecule is CSc1nc(C)cc(Nc2cccc(OC(=O)CCCl)c2)n1. The largest absolute Gasteiger partial charge is 0.426 e. The highest BCUT2D eigenvalue weighted by Gasteiger charge is 2.06. The van der Waals surface area contributed by atoms with E-state index in [2.05, 4.69) is 15.3 Å². The normalized spacial score (nSPS) is 10.3. The number of nitrogens with zero attached hydrogens (tertiary/aromatic N) is 2. The highest BCUT2D eigenvalue weighted by Crippen LogP contribution is 2.22. The van der Waals surface area contributed by atoms with Crippen molar-refractivity contribution < 1.29 is 9.53 Å². The van der Waals surface area contributed by atoms with Gasteiger partial charge in [-0.1, -0.05) is 17.8 Å². The van der Waals surface area contributed by atoms with Crippen LogP contribution in [0.1, 0.15) is 12.1 Å². The summed E-state index contributed by atoms with van der Waals surface area (Å²) in [4.78, 5) is 20.1. The van der Waals surface area contributed by atoms with Gasteiger partial charge in [0.1, 0.15) is 11.6 Å². The van der Waals surface area contributed by atoms with E-state index < -0.39 is 0 Å². The minimum absolute atomic E-state index is 0.182. The van der Waals surface area contributed by atoms with Gasteiger partial charge >= 0.3 is 5.97 Å². The number of carbonyl (C=O) groups excluding carboxylic acids is 1. The van der Waals surface area contributed by atoms with Crippen molar-refractivity contribution in [3.8, 4) is 5.75 Å². The predicted octanol–water partition coefficient (Wildman–Crippen LogP) is 3.78. The third-order valence-electron chi connectivity index (χ3n) is 2.65. The molecule has 0 fully saturated rings. The molecule has 0 aliphatic carbocycles. The Hall–Kier alpha value is -1.79. The van der Waals surface area contributed by atoms with Gasteiger partial charge in [0.05, 0.1) is 6.42 Å². The lowest BCUT2D eigenvalue weighted by Gasteiger charge is -2.09. The van der Waals surface area contributed by atoms with Gasteiger partial charge in [0.15, 0.2) is 5.16 Å². The maximum atomic E-state index is 11.5. The lowest BCUT2D eigenvalue weighted by Crippen LogP contribution is -2.08. The molecular formula is C15H16ClN3O2S. The average molecular weight is 338 g/mol. The van der Waals surface area contributed by atoms with Crippen LogP contribution in [0, 0.1) is 6.92 Å². The Kier molecular flexibility index (Phi) is 6.03. The topological polar surface area (TPSA) is 64.1 Å². The summed E-state index contributed by atoms with van der Waals surface area (Å²) in [6, 6.07) is 8.98. The number of anilines is 2. The molecule has 0 aliphatic heterocycles. The van der Waals surface area contributed by atoms with Crippen molar-refractivity contribution in [2.45, 2.75) is 18.5 Å². The number of benzene rings is 1. The monoisotopic (exact) mass is 337 g/mol. The summed E-state index contributed by atoms with van der Waals surface area (Å²) < 4.78 is 5.20. The first-order valence-corrected chi connectivity index (χ1v) is 8.40. The molecule has 0 saturated heterocycles. The van der Waals surface area contributed by atoms with E-state index >= 15 is 0 Å². The van der Waals surface area contributed by atoms with Crippen molar-refractivity contribution in [3.63, 3.8) is 0 Å². The number of aromatic nitrogens is 2. The van der Waals surface area contributed by atoms with E-state index in [-0.39, 0.29) is 18.3 Å². The van der Waals surface area contributed by atoms with Crippen LogP contribution in [0.2, 0.25) is 0 Å². The average Bonchev–Trinajstić information content (AvgIpc) is 2.47. The maximum absolute atomic E-state index is 11.5. The number of alkyl halides is 1. The number of hydrogen-bond acceptors (Lipinski definition) is 6. The number of esters is 1. The summed E-state index contributed by atoms with van der Waals surface area (Å²) in [5, 5.41) is 3.88. The van der Waals surface area contributed by atoms with Crippen LogP contribution in [-0.4, -0.2) is 28.1 Å². The first-order chi connectivity index (χ1) is 10.6. The number of aryl methyl sites for hydroxylation is 1. The lowest BCUT2D eigenvalue weighted by atomic mass is 10.3. The Morgan fingerprint density at radius 3 is 2.91 bits per heavy atom. The second-order valence-electron chi connectivity index (χ2n) is 4.45. The van der Waals surface area contributed by atoms with Crippen LogP contribution in [0.4, 0.5) is 11.5 Å². The molecule has 0 spiro atoms. The van der Waals surface area contributed by atoms with E-state index in [1.165, 1.54) is 11.8 Å². The zero-order chi connectivity index (χ0) is 15.9. The second kappa shape index (κ2) is 8.00. The van der Waals surface area contributed by atoms with Gasteiger partial charge in [-0.2, -0.15) is 0 Å². The Labute approximate surface area is 138 Å². The van der Waals surface area contributed by atoms with Crippen molar-refractivity contribution in [1.29, 1.82) is 0 Å². The quantitative estimate of drug-likeness (QED) is 0.284. The van der Waals surface area contributed by atoms with E-state index in [0.717, 1.165) is 11.4 Å². The molecule has 22 heavy (non-hydrogen) atoms. The molecule has 5 nitrogen and oxygen atoms in total. The minimum atomic E-state index is -0.352. The third-order valence-corrected chi connectivity index (χ3v) is 3.39. The molecular weight excluding hydrogens is 322 g/mol. The van der Waals surface area contributed by atoms with Crippen LogP contribution in [-0.2, 0) is 4.79 Å². The van der Waals surface area contributed by atoms with Crippen molar-refractivity contribution in [2.75, 3.05) is 17.5 Å². The fourth-order valence-electron chi connectivity index (χ4n) is 1.74. The number of ether oxygens (including phenoxy) is 1. The third kappa shape index (κ3) is 4.89. The van der Waals surface area contributed by atoms with Gasteiger partial charge in [0, 0.05) is 29.4 Å². The fraction of sp³-hybridized carbons (Fsp3) is 0.267. The molecule has 1 heterocycles. The lowest BCUT2D eigenvalue weighted by molar-refractivity contribution is -0.133. The Morgan fingerprint density at radius 2 is 2.18 bits per heavy atom. The highest BCUT2D eigenvalue weighted by atomic mass is 35.5. The fourth-order valence-corrected chi connectivity index (χ4v) is 2.32. The molecule has 1 N–H and O–H groups in total. The van der Waals surface area contributed by atoms with E-state index in [4.69, 9.17) is 16.3 Å². The summed E-state index contributed by atoms with van der Waals surface area (Å²) in [5.41, 5.74) is 1.66. The van der Waals surface area contributed by atoms with Crippen LogP contribution < -0.4 is 10.1 Å². The molecule has 0 saturated carbocycles. The van der Waals surface area contributed by atoms with Crippen LogP contribution >= 0.6 is 23.4 Å². The smallest absolute Gasteiger partial charge is 0.312 e. The van der Waals surface area contributed by atoms with Gasteiger partial charge < -0.3 is 10.1 Å². The Morgan fingerprint density at radius 1 is 1.36 bits per heavy atom. The van der Waals surface area contributed by atoms with Gasteiger partial charge in [-0.3, -0.25) is 4.79 Å². The molecule has 1 aromatic carbocycles. The van der Waals surface area contributed by atoms with E-state index in [1.807, 2.05) is 25.3 Å². The first-order valence-electron chi connectivity index (χ1n) is 6.64. The molecule has 7 heteroatoms. The Balaban J connectivity index is 2.13. The van der Waals surface area contributed by atoms with Crippen LogP contribution in [0.15, 0.2) is 35.5 Å². The predicted molar refractivity (Wildman–Crippen MR) is 89.2 cm³/mol. The minimum Gasteiger partial charge on any atom is -0.426 e. The highest BCUT2D eigenvalue weighted by molar-refractivity contribution is 7.98. The summed E-state index contributed by atoms with van der Waals surface area (Å²) in [6.07, 6.45) is 2.11. The number of thioether (sulfide) groups is 1. The molecule has 0 unspecified atom stereocenters. The summed E-state index contributed by atoms with van der Waals surface area (Å²) in [7, 11) is 0. The van der Waals surface area contributed by atoms with Crippen LogP contribution in [0.25, 0.3) is 0 Å². The number of rotatable bonds is 6. The summed E-state index contributed by atoms with van der Waals surface area (Å²) in [5.74, 6) is 1.06. The molecule has 0 aliphatic rings. The number of halogens is 1. The number of hydrogen-bond donors (Lipinski definition) is 1. The molecule has 2 rings (SSSR count). The Bertz CT molecular complexity index is 667. The van der Waals surface area contributed by atoms with Gasteiger partial charge in [0.2, 0.25) is 0 Å². The molecule has 116 valence electrons. The molecule has 0 atom stereocenters. The van der Waals surface area contributed by atoms with Gasteiger partial charge in [-0.05, 0) is 25.3 Å². The molecule has 0 amide bonds. The second-order valence-corrected chi connectivity index (χ2v) is 5.60. The van der Waals surface area contributed by atoms with Crippen LogP contribution in [0.3, 0.4) is 0 Å². The zero-order valence-corrected chi connectivity index (χ0v) is 13.9. The summed E-state index contributed by atoms with van der Waals surface area (Å²) >= 11 is 7.00. The summed E-state index contributed by atoms with van der Waals surface area (Å²) in [6.45, 7) is 1.91. The molecule has 1 aromatic heterocycles. The first kappa shape index (κ1) is 16.6. The molecule has 0 radical (unpaired) electrons. The molecule has 2 aromatic rings. The molecule has 0 bridgehead atoms. The van der Waals surface area contributed by atoms with E-state index in [0.29, 0.717) is 16.7 Å². The van der Waals surface area contributed by atoms with Crippen molar-refractivity contribution in [2.24, 2.45) is 0 Å². The van der Waals surface area contributed by atoms with Gasteiger partial charge in [-0.25, -0.2) is 9.97 Å². The van der Waals surface area contributed by atoms with Gasteiger partial charge in [-0.15, -0.1) is 11.6 Å². The van der Waals surface area contributed by atoms with Crippen LogP contribution in [0.5, 0.6) is 5.75 Å². The van der Waals surface area contributed by atoms with Crippen molar-refractivity contribution in [3.05, 3.63) is 36.0 Å². The standard InChI is InChI=1S/C15H16ClN3O2S/c1-10-8-13(19-15(17-10)22-2)18-11-4-3-5-12(9-11)21-14(20)6-7-16/h3-5,8-9H,6-7H2,1-2H3,(H,17,18,19). The number of carbonyl (C=O) groups is 1.